The highest BCUT2D eigenvalue weighted by Gasteiger charge is 2.19. The molecule has 1 fully saturated rings. The molecule has 3 aromatic rings. The Balaban J connectivity index is 1.85. The molecule has 1 heterocycles. The molecule has 0 spiro atoms. The van der Waals surface area contributed by atoms with Crippen LogP contribution in [0.4, 0.5) is 0 Å². The Morgan fingerprint density at radius 1 is 1.00 bits per heavy atom. The summed E-state index contributed by atoms with van der Waals surface area (Å²) in [6.45, 7) is 2.20. The van der Waals surface area contributed by atoms with Crippen LogP contribution in [0.25, 0.3) is 22.0 Å². The van der Waals surface area contributed by atoms with E-state index in [-0.39, 0.29) is 0 Å². The highest BCUT2D eigenvalue weighted by atomic mass is 14.9. The Bertz CT molecular complexity index is 872. The van der Waals surface area contributed by atoms with Crippen LogP contribution in [0.15, 0.2) is 54.7 Å². The third-order valence-corrected chi connectivity index (χ3v) is 5.60. The summed E-state index contributed by atoms with van der Waals surface area (Å²) in [7, 11) is 2.16. The average molecular weight is 316 g/mol. The quantitative estimate of drug-likeness (QED) is 0.572. The standard InChI is InChI=1S/C23H26N/c1-17-7-3-6-10-21(17)23-22-16-19(15-18-8-4-5-9-18)11-12-20(22)13-14-24(23)2/h3,6-7,10-14,16,18H,4-5,8-9,15H2,1-2H3/q+1. The van der Waals surface area contributed by atoms with E-state index >= 15 is 0 Å². The van der Waals surface area contributed by atoms with Gasteiger partial charge in [0.15, 0.2) is 6.20 Å². The summed E-state index contributed by atoms with van der Waals surface area (Å²) < 4.78 is 2.27. The molecule has 24 heavy (non-hydrogen) atoms. The first-order chi connectivity index (χ1) is 11.7. The summed E-state index contributed by atoms with van der Waals surface area (Å²) in [6.07, 6.45) is 9.07. The van der Waals surface area contributed by atoms with Gasteiger partial charge in [-0.25, -0.2) is 4.57 Å². The summed E-state index contributed by atoms with van der Waals surface area (Å²) in [6, 6.07) is 18.0. The van der Waals surface area contributed by atoms with Gasteiger partial charge in [0.1, 0.15) is 7.05 Å². The lowest BCUT2D eigenvalue weighted by molar-refractivity contribution is -0.659. The van der Waals surface area contributed by atoms with E-state index in [2.05, 4.69) is 73.3 Å². The SMILES string of the molecule is Cc1ccccc1-c1c2cc(CC3CCCC3)ccc2cc[n+]1C. The zero-order valence-electron chi connectivity index (χ0n) is 14.8. The zero-order chi connectivity index (χ0) is 16.5. The summed E-state index contributed by atoms with van der Waals surface area (Å²) >= 11 is 0. The molecule has 0 amide bonds. The molecule has 122 valence electrons. The molecule has 0 bridgehead atoms. The smallest absolute Gasteiger partial charge is 0.200 e. The minimum Gasteiger partial charge on any atom is -0.200 e. The van der Waals surface area contributed by atoms with Crippen molar-refractivity contribution in [1.82, 2.24) is 0 Å². The van der Waals surface area contributed by atoms with Crippen molar-refractivity contribution in [2.24, 2.45) is 13.0 Å². The predicted molar refractivity (Wildman–Crippen MR) is 101 cm³/mol. The van der Waals surface area contributed by atoms with Crippen LogP contribution in [0, 0.1) is 12.8 Å². The van der Waals surface area contributed by atoms with Crippen molar-refractivity contribution in [2.75, 3.05) is 0 Å². The van der Waals surface area contributed by atoms with Gasteiger partial charge >= 0.3 is 0 Å². The molecule has 1 nitrogen and oxygen atoms in total. The lowest BCUT2D eigenvalue weighted by atomic mass is 9.94. The van der Waals surface area contributed by atoms with Gasteiger partial charge in [0.25, 0.3) is 0 Å². The number of hydrogen-bond donors (Lipinski definition) is 0. The molecule has 0 atom stereocenters. The van der Waals surface area contributed by atoms with E-state index in [0.717, 1.165) is 5.92 Å². The Hall–Kier alpha value is -2.15. The minimum atomic E-state index is 0.891. The number of benzene rings is 2. The number of hydrogen-bond acceptors (Lipinski definition) is 0. The first-order valence-electron chi connectivity index (χ1n) is 9.19. The third-order valence-electron chi connectivity index (χ3n) is 5.60. The van der Waals surface area contributed by atoms with Crippen LogP contribution in [-0.4, -0.2) is 0 Å². The van der Waals surface area contributed by atoms with Crippen molar-refractivity contribution in [3.8, 4) is 11.3 Å². The maximum atomic E-state index is 2.44. The fraction of sp³-hybridized carbons (Fsp3) is 0.348. The summed E-state index contributed by atoms with van der Waals surface area (Å²) in [5, 5.41) is 2.71. The molecular formula is C23H26N+. The average Bonchev–Trinajstić information content (AvgIpc) is 3.09. The van der Waals surface area contributed by atoms with Crippen molar-refractivity contribution in [3.63, 3.8) is 0 Å². The van der Waals surface area contributed by atoms with E-state index in [4.69, 9.17) is 0 Å². The highest BCUT2D eigenvalue weighted by molar-refractivity contribution is 5.94. The molecule has 1 heteroatoms. The van der Waals surface area contributed by atoms with Gasteiger partial charge in [-0.1, -0.05) is 56.0 Å². The van der Waals surface area contributed by atoms with Crippen molar-refractivity contribution in [2.45, 2.75) is 39.0 Å². The largest absolute Gasteiger partial charge is 0.220 e. The summed E-state index contributed by atoms with van der Waals surface area (Å²) in [4.78, 5) is 0. The lowest BCUT2D eigenvalue weighted by Crippen LogP contribution is -2.30. The first kappa shape index (κ1) is 15.4. The second-order valence-corrected chi connectivity index (χ2v) is 7.37. The van der Waals surface area contributed by atoms with Gasteiger partial charge < -0.3 is 0 Å². The number of fused-ring (bicyclic) bond motifs is 1. The Labute approximate surface area is 145 Å². The van der Waals surface area contributed by atoms with E-state index in [0.29, 0.717) is 0 Å². The molecule has 1 aromatic heterocycles. The fourth-order valence-electron chi connectivity index (χ4n) is 4.26. The lowest BCUT2D eigenvalue weighted by Gasteiger charge is -2.12. The molecule has 0 N–H and O–H groups in total. The molecule has 2 aromatic carbocycles. The van der Waals surface area contributed by atoms with Crippen LogP contribution in [0.2, 0.25) is 0 Å². The molecule has 0 unspecified atom stereocenters. The van der Waals surface area contributed by atoms with Crippen LogP contribution in [0.5, 0.6) is 0 Å². The number of nitrogens with zero attached hydrogens (tertiary/aromatic N) is 1. The van der Waals surface area contributed by atoms with Gasteiger partial charge in [-0.15, -0.1) is 0 Å². The van der Waals surface area contributed by atoms with Gasteiger partial charge in [0.2, 0.25) is 5.69 Å². The third kappa shape index (κ3) is 2.84. The second-order valence-electron chi connectivity index (χ2n) is 7.37. The molecule has 1 aliphatic carbocycles. The van der Waals surface area contributed by atoms with E-state index in [1.807, 2.05) is 0 Å². The summed E-state index contributed by atoms with van der Waals surface area (Å²) in [5.41, 5.74) is 5.50. The molecule has 1 aliphatic rings. The molecule has 0 saturated heterocycles. The molecule has 4 rings (SSSR count). The first-order valence-corrected chi connectivity index (χ1v) is 9.19. The number of pyridine rings is 1. The van der Waals surface area contributed by atoms with Gasteiger partial charge in [-0.3, -0.25) is 0 Å². The van der Waals surface area contributed by atoms with Crippen molar-refractivity contribution < 1.29 is 4.57 Å². The second kappa shape index (κ2) is 6.39. The molecule has 0 aliphatic heterocycles. The number of rotatable bonds is 3. The number of aryl methyl sites for hydroxylation is 2. The highest BCUT2D eigenvalue weighted by Crippen LogP contribution is 2.31. The van der Waals surface area contributed by atoms with Crippen LogP contribution in [0.3, 0.4) is 0 Å². The van der Waals surface area contributed by atoms with Crippen molar-refractivity contribution in [3.05, 3.63) is 65.9 Å². The fourth-order valence-corrected chi connectivity index (χ4v) is 4.26. The predicted octanol–water partition coefficient (Wildman–Crippen LogP) is 5.37. The van der Waals surface area contributed by atoms with Gasteiger partial charge in [0, 0.05) is 11.6 Å². The Kier molecular flexibility index (Phi) is 4.10. The molecule has 0 radical (unpaired) electrons. The van der Waals surface area contributed by atoms with Crippen molar-refractivity contribution in [1.29, 1.82) is 0 Å². The van der Waals surface area contributed by atoms with E-state index in [1.54, 1.807) is 0 Å². The maximum absolute atomic E-state index is 2.44. The van der Waals surface area contributed by atoms with Crippen LogP contribution < -0.4 is 4.57 Å². The Morgan fingerprint density at radius 3 is 2.58 bits per heavy atom. The summed E-state index contributed by atoms with van der Waals surface area (Å²) in [5.74, 6) is 0.891. The monoisotopic (exact) mass is 316 g/mol. The topological polar surface area (TPSA) is 3.88 Å². The van der Waals surface area contributed by atoms with Gasteiger partial charge in [0.05, 0.1) is 5.39 Å². The molecule has 1 saturated carbocycles. The normalized spacial score (nSPS) is 15.2. The number of aromatic nitrogens is 1. The minimum absolute atomic E-state index is 0.891. The van der Waals surface area contributed by atoms with Crippen LogP contribution in [0.1, 0.15) is 36.8 Å². The Morgan fingerprint density at radius 2 is 1.79 bits per heavy atom. The molecular weight excluding hydrogens is 290 g/mol. The maximum Gasteiger partial charge on any atom is 0.220 e. The van der Waals surface area contributed by atoms with Crippen LogP contribution in [-0.2, 0) is 13.5 Å². The van der Waals surface area contributed by atoms with Crippen molar-refractivity contribution >= 4 is 10.8 Å². The van der Waals surface area contributed by atoms with Gasteiger partial charge in [-0.2, -0.15) is 0 Å². The van der Waals surface area contributed by atoms with E-state index < -0.39 is 0 Å². The van der Waals surface area contributed by atoms with Crippen LogP contribution >= 0.6 is 0 Å². The zero-order valence-corrected chi connectivity index (χ0v) is 14.8. The van der Waals surface area contributed by atoms with Gasteiger partial charge in [-0.05, 0) is 47.9 Å². The van der Waals surface area contributed by atoms with E-state index in [1.165, 1.54) is 65.3 Å². The van der Waals surface area contributed by atoms with E-state index in [9.17, 15) is 0 Å².